The molecule has 4 fully saturated rings. The van der Waals surface area contributed by atoms with Crippen LogP contribution in [0.2, 0.25) is 0 Å². The Labute approximate surface area is 157 Å². The number of fused-ring (bicyclic) bond motifs is 5. The van der Waals surface area contributed by atoms with E-state index < -0.39 is 16.6 Å². The highest BCUT2D eigenvalue weighted by atomic mass is 16.3. The fourth-order valence-corrected chi connectivity index (χ4v) is 8.02. The van der Waals surface area contributed by atoms with Crippen molar-refractivity contribution in [1.29, 1.82) is 0 Å². The molecule has 0 aromatic rings. The Balaban J connectivity index is 1.65. The summed E-state index contributed by atoms with van der Waals surface area (Å²) in [6, 6.07) is 0. The predicted molar refractivity (Wildman–Crippen MR) is 99.4 cm³/mol. The van der Waals surface area contributed by atoms with E-state index in [1.165, 1.54) is 0 Å². The Morgan fingerprint density at radius 1 is 0.962 bits per heavy atom. The van der Waals surface area contributed by atoms with Crippen LogP contribution in [0.4, 0.5) is 0 Å². The maximum Gasteiger partial charge on any atom is 0.120 e. The zero-order valence-electron chi connectivity index (χ0n) is 16.4. The summed E-state index contributed by atoms with van der Waals surface area (Å²) < 4.78 is 0. The van der Waals surface area contributed by atoms with Gasteiger partial charge in [0.2, 0.25) is 0 Å². The minimum Gasteiger partial charge on any atom is -0.393 e. The first kappa shape index (κ1) is 18.9. The van der Waals surface area contributed by atoms with Gasteiger partial charge in [0.05, 0.1) is 17.3 Å². The van der Waals surface area contributed by atoms with Gasteiger partial charge in [-0.1, -0.05) is 13.8 Å². The molecular weight excluding hydrogens is 328 g/mol. The molecule has 0 saturated heterocycles. The molecule has 148 valence electrons. The molecular formula is C22H36O4. The van der Waals surface area contributed by atoms with Crippen LogP contribution in [0.1, 0.15) is 84.5 Å². The second-order valence-electron chi connectivity index (χ2n) is 10.5. The van der Waals surface area contributed by atoms with Crippen molar-refractivity contribution in [2.24, 2.45) is 28.6 Å². The average Bonchev–Trinajstić information content (AvgIpc) is 2.82. The number of aliphatic hydroxyl groups excluding tert-OH is 1. The first-order valence-electron chi connectivity index (χ1n) is 10.8. The van der Waals surface area contributed by atoms with Crippen molar-refractivity contribution in [3.63, 3.8) is 0 Å². The topological polar surface area (TPSA) is 77.8 Å². The number of carbonyl (C=O) groups is 1. The molecule has 0 radical (unpaired) electrons. The zero-order chi connectivity index (χ0) is 18.8. The second-order valence-corrected chi connectivity index (χ2v) is 10.5. The molecule has 0 aromatic carbocycles. The SMILES string of the molecule is C[C@]12CC[C@H](O)C[C@H]1CC[C@@H]1[C@@H]2CC[C@]2(C)[C@](O)(CCC=O)CC[C@]12O. The second kappa shape index (κ2) is 6.02. The first-order valence-corrected chi connectivity index (χ1v) is 10.8. The highest BCUT2D eigenvalue weighted by Gasteiger charge is 2.71. The Hall–Kier alpha value is -0.450. The van der Waals surface area contributed by atoms with E-state index in [9.17, 15) is 20.1 Å². The van der Waals surface area contributed by atoms with Crippen LogP contribution < -0.4 is 0 Å². The van der Waals surface area contributed by atoms with Gasteiger partial charge in [0.1, 0.15) is 6.29 Å². The molecule has 4 saturated carbocycles. The number of rotatable bonds is 3. The summed E-state index contributed by atoms with van der Waals surface area (Å²) in [7, 11) is 0. The fraction of sp³-hybridized carbons (Fsp3) is 0.955. The molecule has 0 heterocycles. The number of carbonyl (C=O) groups excluding carboxylic acids is 1. The minimum atomic E-state index is -0.922. The molecule has 4 aliphatic rings. The largest absolute Gasteiger partial charge is 0.393 e. The van der Waals surface area contributed by atoms with Gasteiger partial charge in [0.25, 0.3) is 0 Å². The van der Waals surface area contributed by atoms with E-state index >= 15 is 0 Å². The van der Waals surface area contributed by atoms with Gasteiger partial charge < -0.3 is 20.1 Å². The highest BCUT2D eigenvalue weighted by Crippen LogP contribution is 2.70. The molecule has 0 aliphatic heterocycles. The average molecular weight is 365 g/mol. The molecule has 8 atom stereocenters. The van der Waals surface area contributed by atoms with Crippen molar-refractivity contribution in [1.82, 2.24) is 0 Å². The van der Waals surface area contributed by atoms with E-state index in [2.05, 4.69) is 13.8 Å². The Bertz CT molecular complexity index is 578. The van der Waals surface area contributed by atoms with Crippen molar-refractivity contribution >= 4 is 6.29 Å². The van der Waals surface area contributed by atoms with Gasteiger partial charge in [-0.05, 0) is 87.4 Å². The predicted octanol–water partition coefficient (Wildman–Crippen LogP) is 3.22. The maximum atomic E-state index is 12.0. The van der Waals surface area contributed by atoms with E-state index in [1.54, 1.807) is 0 Å². The first-order chi connectivity index (χ1) is 12.2. The maximum absolute atomic E-state index is 12.0. The van der Waals surface area contributed by atoms with Crippen molar-refractivity contribution in [3.8, 4) is 0 Å². The molecule has 0 bridgehead atoms. The van der Waals surface area contributed by atoms with Gasteiger partial charge in [0.15, 0.2) is 0 Å². The summed E-state index contributed by atoms with van der Waals surface area (Å²) in [5.74, 6) is 1.29. The van der Waals surface area contributed by atoms with Crippen molar-refractivity contribution in [2.45, 2.75) is 102 Å². The smallest absolute Gasteiger partial charge is 0.120 e. The van der Waals surface area contributed by atoms with Gasteiger partial charge in [0, 0.05) is 11.8 Å². The number of hydrogen-bond donors (Lipinski definition) is 3. The van der Waals surface area contributed by atoms with E-state index in [-0.39, 0.29) is 17.4 Å². The van der Waals surface area contributed by atoms with Crippen molar-refractivity contribution in [3.05, 3.63) is 0 Å². The summed E-state index contributed by atoms with van der Waals surface area (Å²) in [6.45, 7) is 4.49. The third-order valence-corrected chi connectivity index (χ3v) is 9.81. The Morgan fingerprint density at radius 2 is 1.73 bits per heavy atom. The van der Waals surface area contributed by atoms with Crippen LogP contribution in [-0.2, 0) is 4.79 Å². The minimum absolute atomic E-state index is 0.151. The lowest BCUT2D eigenvalue weighted by atomic mass is 9.43. The molecule has 4 aliphatic carbocycles. The molecule has 4 heteroatoms. The van der Waals surface area contributed by atoms with Gasteiger partial charge in [-0.2, -0.15) is 0 Å². The third-order valence-electron chi connectivity index (χ3n) is 9.81. The quantitative estimate of drug-likeness (QED) is 0.672. The molecule has 0 unspecified atom stereocenters. The molecule has 26 heavy (non-hydrogen) atoms. The van der Waals surface area contributed by atoms with Gasteiger partial charge in [-0.15, -0.1) is 0 Å². The van der Waals surface area contributed by atoms with Crippen LogP contribution in [0.3, 0.4) is 0 Å². The molecule has 0 aromatic heterocycles. The molecule has 0 spiro atoms. The van der Waals surface area contributed by atoms with E-state index in [4.69, 9.17) is 0 Å². The van der Waals surface area contributed by atoms with E-state index in [0.29, 0.717) is 37.5 Å². The number of aldehydes is 1. The molecule has 0 amide bonds. The third kappa shape index (κ3) is 2.28. The highest BCUT2D eigenvalue weighted by molar-refractivity contribution is 5.49. The summed E-state index contributed by atoms with van der Waals surface area (Å²) in [6.07, 6.45) is 9.68. The van der Waals surface area contributed by atoms with Gasteiger partial charge in [-0.3, -0.25) is 0 Å². The number of hydrogen-bond acceptors (Lipinski definition) is 4. The Kier molecular flexibility index (Phi) is 4.38. The summed E-state index contributed by atoms with van der Waals surface area (Å²) in [5, 5.41) is 33.5. The van der Waals surface area contributed by atoms with Crippen LogP contribution >= 0.6 is 0 Å². The van der Waals surface area contributed by atoms with Crippen molar-refractivity contribution in [2.75, 3.05) is 0 Å². The molecule has 4 nitrogen and oxygen atoms in total. The summed E-state index contributed by atoms with van der Waals surface area (Å²) >= 11 is 0. The lowest BCUT2D eigenvalue weighted by Crippen LogP contribution is -2.65. The molecule has 4 rings (SSSR count). The monoisotopic (exact) mass is 364 g/mol. The van der Waals surface area contributed by atoms with Crippen LogP contribution in [0.5, 0.6) is 0 Å². The van der Waals surface area contributed by atoms with E-state index in [0.717, 1.165) is 51.2 Å². The summed E-state index contributed by atoms with van der Waals surface area (Å²) in [4.78, 5) is 10.9. The standard InChI is InChI=1S/C22H36O4/c1-19-9-6-16(24)14-15(19)4-5-18-17(19)7-10-20(2)21(25,8-3-13-23)11-12-22(18,20)26/h13,15-18,24-26H,3-12,14H2,1-2H3/t15-,16+,17+,18-,19+,20-,21+,22+/m1/s1. The summed E-state index contributed by atoms with van der Waals surface area (Å²) in [5.41, 5.74) is -2.05. The van der Waals surface area contributed by atoms with Crippen LogP contribution in [-0.4, -0.2) is 38.9 Å². The van der Waals surface area contributed by atoms with Gasteiger partial charge >= 0.3 is 0 Å². The van der Waals surface area contributed by atoms with Crippen LogP contribution in [0.15, 0.2) is 0 Å². The van der Waals surface area contributed by atoms with E-state index in [1.807, 2.05) is 0 Å². The molecule has 3 N–H and O–H groups in total. The van der Waals surface area contributed by atoms with Crippen LogP contribution in [0.25, 0.3) is 0 Å². The lowest BCUT2D eigenvalue weighted by molar-refractivity contribution is -0.236. The normalized spacial score (nSPS) is 56.3. The lowest BCUT2D eigenvalue weighted by Gasteiger charge is -2.64. The Morgan fingerprint density at radius 3 is 2.46 bits per heavy atom. The van der Waals surface area contributed by atoms with Gasteiger partial charge in [-0.25, -0.2) is 0 Å². The fourth-order valence-electron chi connectivity index (χ4n) is 8.02. The number of aliphatic hydroxyl groups is 3. The zero-order valence-corrected chi connectivity index (χ0v) is 16.4. The van der Waals surface area contributed by atoms with Crippen molar-refractivity contribution < 1.29 is 20.1 Å². The van der Waals surface area contributed by atoms with Crippen LogP contribution in [0, 0.1) is 28.6 Å².